The quantitative estimate of drug-likeness (QED) is 0.851. The standard InChI is InChI=1S/C15H12ClNO2/c1-18-14-6-2-11(3-7-14)10-19-15-8-13(16)5-4-12(15)9-17/h2-8H,10H2,1H3. The van der Waals surface area contributed by atoms with Gasteiger partial charge in [-0.3, -0.25) is 0 Å². The highest BCUT2D eigenvalue weighted by molar-refractivity contribution is 6.30. The number of rotatable bonds is 4. The molecule has 0 spiro atoms. The zero-order valence-corrected chi connectivity index (χ0v) is 11.1. The molecule has 2 aromatic carbocycles. The van der Waals surface area contributed by atoms with Crippen molar-refractivity contribution in [1.29, 1.82) is 5.26 Å². The molecule has 0 saturated carbocycles. The van der Waals surface area contributed by atoms with Crippen LogP contribution in [0.4, 0.5) is 0 Å². The Bertz CT molecular complexity index is 603. The molecule has 0 aliphatic rings. The Hall–Kier alpha value is -2.18. The van der Waals surface area contributed by atoms with Crippen LogP contribution in [0.2, 0.25) is 5.02 Å². The summed E-state index contributed by atoms with van der Waals surface area (Å²) in [6.45, 7) is 0.374. The molecule has 4 heteroatoms. The molecule has 0 bridgehead atoms. The fourth-order valence-corrected chi connectivity index (χ4v) is 1.75. The van der Waals surface area contributed by atoms with E-state index in [0.717, 1.165) is 11.3 Å². The predicted octanol–water partition coefficient (Wildman–Crippen LogP) is 3.80. The van der Waals surface area contributed by atoms with Gasteiger partial charge in [-0.2, -0.15) is 5.26 Å². The maximum absolute atomic E-state index is 8.99. The highest BCUT2D eigenvalue weighted by Crippen LogP contribution is 2.24. The average Bonchev–Trinajstić information content (AvgIpc) is 2.46. The molecule has 0 fully saturated rings. The minimum absolute atomic E-state index is 0.374. The third kappa shape index (κ3) is 3.40. The van der Waals surface area contributed by atoms with Crippen molar-refractivity contribution in [3.63, 3.8) is 0 Å². The lowest BCUT2D eigenvalue weighted by Crippen LogP contribution is -1.97. The molecule has 0 saturated heterocycles. The summed E-state index contributed by atoms with van der Waals surface area (Å²) in [5.41, 5.74) is 1.46. The first-order valence-electron chi connectivity index (χ1n) is 5.68. The van der Waals surface area contributed by atoms with Crippen molar-refractivity contribution in [1.82, 2.24) is 0 Å². The van der Waals surface area contributed by atoms with Crippen molar-refractivity contribution in [2.75, 3.05) is 7.11 Å². The summed E-state index contributed by atoms with van der Waals surface area (Å²) < 4.78 is 10.7. The molecule has 0 aliphatic carbocycles. The van der Waals surface area contributed by atoms with Crippen LogP contribution in [0.15, 0.2) is 42.5 Å². The lowest BCUT2D eigenvalue weighted by molar-refractivity contribution is 0.305. The van der Waals surface area contributed by atoms with Gasteiger partial charge >= 0.3 is 0 Å². The first-order chi connectivity index (χ1) is 9.22. The summed E-state index contributed by atoms with van der Waals surface area (Å²) in [4.78, 5) is 0. The SMILES string of the molecule is COc1ccc(COc2cc(Cl)ccc2C#N)cc1. The predicted molar refractivity (Wildman–Crippen MR) is 73.5 cm³/mol. The first kappa shape index (κ1) is 13.3. The van der Waals surface area contributed by atoms with E-state index in [2.05, 4.69) is 6.07 Å². The maximum Gasteiger partial charge on any atom is 0.139 e. The molecular weight excluding hydrogens is 262 g/mol. The smallest absolute Gasteiger partial charge is 0.139 e. The molecule has 0 amide bonds. The molecule has 0 aromatic heterocycles. The normalized spacial score (nSPS) is 9.74. The summed E-state index contributed by atoms with van der Waals surface area (Å²) in [6.07, 6.45) is 0. The Balaban J connectivity index is 2.09. The van der Waals surface area contributed by atoms with E-state index in [-0.39, 0.29) is 0 Å². The molecule has 0 unspecified atom stereocenters. The molecule has 19 heavy (non-hydrogen) atoms. The van der Waals surface area contributed by atoms with Crippen LogP contribution in [0.25, 0.3) is 0 Å². The Morgan fingerprint density at radius 1 is 1.16 bits per heavy atom. The highest BCUT2D eigenvalue weighted by atomic mass is 35.5. The molecule has 0 radical (unpaired) electrons. The van der Waals surface area contributed by atoms with Crippen LogP contribution >= 0.6 is 11.6 Å². The number of nitriles is 1. The molecular formula is C15H12ClNO2. The summed E-state index contributed by atoms with van der Waals surface area (Å²) in [5, 5.41) is 9.53. The Kier molecular flexibility index (Phi) is 4.27. The second-order valence-corrected chi connectivity index (χ2v) is 4.33. The molecule has 0 aliphatic heterocycles. The van der Waals surface area contributed by atoms with E-state index in [9.17, 15) is 0 Å². The van der Waals surface area contributed by atoms with Gasteiger partial charge in [-0.1, -0.05) is 23.7 Å². The number of nitrogens with zero attached hydrogens (tertiary/aromatic N) is 1. The van der Waals surface area contributed by atoms with Gasteiger partial charge in [0.05, 0.1) is 12.7 Å². The van der Waals surface area contributed by atoms with E-state index >= 15 is 0 Å². The lowest BCUT2D eigenvalue weighted by atomic mass is 10.2. The number of ether oxygens (including phenoxy) is 2. The van der Waals surface area contributed by atoms with Crippen molar-refractivity contribution < 1.29 is 9.47 Å². The van der Waals surface area contributed by atoms with Crippen LogP contribution in [-0.4, -0.2) is 7.11 Å². The molecule has 2 rings (SSSR count). The highest BCUT2D eigenvalue weighted by Gasteiger charge is 2.04. The van der Waals surface area contributed by atoms with Gasteiger partial charge in [0.25, 0.3) is 0 Å². The van der Waals surface area contributed by atoms with E-state index in [0.29, 0.717) is 22.9 Å². The number of halogens is 1. The largest absolute Gasteiger partial charge is 0.497 e. The van der Waals surface area contributed by atoms with Gasteiger partial charge in [-0.05, 0) is 29.8 Å². The van der Waals surface area contributed by atoms with E-state index in [1.54, 1.807) is 25.3 Å². The molecule has 2 aromatic rings. The number of hydrogen-bond donors (Lipinski definition) is 0. The topological polar surface area (TPSA) is 42.2 Å². The molecule has 0 atom stereocenters. The Labute approximate surface area is 117 Å². The van der Waals surface area contributed by atoms with Crippen LogP contribution in [0, 0.1) is 11.3 Å². The minimum atomic E-state index is 0.374. The van der Waals surface area contributed by atoms with Gasteiger partial charge in [-0.25, -0.2) is 0 Å². The fourth-order valence-electron chi connectivity index (χ4n) is 1.59. The second-order valence-electron chi connectivity index (χ2n) is 3.89. The fraction of sp³-hybridized carbons (Fsp3) is 0.133. The van der Waals surface area contributed by atoms with Gasteiger partial charge in [0.15, 0.2) is 0 Å². The van der Waals surface area contributed by atoms with Gasteiger partial charge in [0.1, 0.15) is 24.2 Å². The van der Waals surface area contributed by atoms with Crippen LogP contribution in [0.1, 0.15) is 11.1 Å². The summed E-state index contributed by atoms with van der Waals surface area (Å²) in [6, 6.07) is 14.6. The summed E-state index contributed by atoms with van der Waals surface area (Å²) in [5.74, 6) is 1.29. The van der Waals surface area contributed by atoms with E-state index < -0.39 is 0 Å². The lowest BCUT2D eigenvalue weighted by Gasteiger charge is -2.08. The minimum Gasteiger partial charge on any atom is -0.497 e. The van der Waals surface area contributed by atoms with E-state index in [1.807, 2.05) is 24.3 Å². The van der Waals surface area contributed by atoms with Crippen molar-refractivity contribution in [3.05, 3.63) is 58.6 Å². The van der Waals surface area contributed by atoms with Crippen molar-refractivity contribution in [3.8, 4) is 17.6 Å². The van der Waals surface area contributed by atoms with Crippen molar-refractivity contribution >= 4 is 11.6 Å². The summed E-state index contributed by atoms with van der Waals surface area (Å²) in [7, 11) is 1.62. The molecule has 0 heterocycles. The zero-order chi connectivity index (χ0) is 13.7. The second kappa shape index (κ2) is 6.12. The van der Waals surface area contributed by atoms with Crippen molar-refractivity contribution in [2.45, 2.75) is 6.61 Å². The van der Waals surface area contributed by atoms with Crippen LogP contribution in [-0.2, 0) is 6.61 Å². The third-order valence-electron chi connectivity index (χ3n) is 2.62. The summed E-state index contributed by atoms with van der Waals surface area (Å²) >= 11 is 5.89. The Morgan fingerprint density at radius 3 is 2.53 bits per heavy atom. The van der Waals surface area contributed by atoms with Crippen LogP contribution in [0.3, 0.4) is 0 Å². The zero-order valence-electron chi connectivity index (χ0n) is 10.4. The van der Waals surface area contributed by atoms with Gasteiger partial charge in [0.2, 0.25) is 0 Å². The molecule has 3 nitrogen and oxygen atoms in total. The number of methoxy groups -OCH3 is 1. The van der Waals surface area contributed by atoms with E-state index in [4.69, 9.17) is 26.3 Å². The van der Waals surface area contributed by atoms with Crippen LogP contribution < -0.4 is 9.47 Å². The van der Waals surface area contributed by atoms with Crippen LogP contribution in [0.5, 0.6) is 11.5 Å². The van der Waals surface area contributed by atoms with E-state index in [1.165, 1.54) is 0 Å². The van der Waals surface area contributed by atoms with Crippen molar-refractivity contribution in [2.24, 2.45) is 0 Å². The maximum atomic E-state index is 8.99. The van der Waals surface area contributed by atoms with Gasteiger partial charge < -0.3 is 9.47 Å². The molecule has 96 valence electrons. The molecule has 0 N–H and O–H groups in total. The average molecular weight is 274 g/mol. The number of hydrogen-bond acceptors (Lipinski definition) is 3. The number of benzene rings is 2. The Morgan fingerprint density at radius 2 is 1.89 bits per heavy atom. The first-order valence-corrected chi connectivity index (χ1v) is 6.06. The third-order valence-corrected chi connectivity index (χ3v) is 2.85. The monoisotopic (exact) mass is 273 g/mol. The van der Waals surface area contributed by atoms with Gasteiger partial charge in [-0.15, -0.1) is 0 Å². The van der Waals surface area contributed by atoms with Gasteiger partial charge in [0, 0.05) is 11.1 Å².